The van der Waals surface area contributed by atoms with Crippen LogP contribution in [0.25, 0.3) is 6.08 Å². The van der Waals surface area contributed by atoms with Gasteiger partial charge in [-0.1, -0.05) is 24.3 Å². The van der Waals surface area contributed by atoms with Crippen molar-refractivity contribution in [1.82, 2.24) is 0 Å². The van der Waals surface area contributed by atoms with Gasteiger partial charge in [0.2, 0.25) is 0 Å². The average molecular weight is 439 g/mol. The zero-order valence-corrected chi connectivity index (χ0v) is 16.8. The number of benzene rings is 3. The number of hydrogen-bond donors (Lipinski definition) is 1. The molecule has 1 N–H and O–H groups in total. The van der Waals surface area contributed by atoms with E-state index < -0.39 is 0 Å². The number of carbonyl (C=O) groups is 1. The molecular formula is C23H19BrO4. The summed E-state index contributed by atoms with van der Waals surface area (Å²) < 4.78 is 12.2. The van der Waals surface area contributed by atoms with Gasteiger partial charge in [0.15, 0.2) is 5.78 Å². The van der Waals surface area contributed by atoms with Gasteiger partial charge in [-0.2, -0.15) is 0 Å². The predicted molar refractivity (Wildman–Crippen MR) is 113 cm³/mol. The molecule has 0 aromatic heterocycles. The van der Waals surface area contributed by atoms with Crippen molar-refractivity contribution in [2.45, 2.75) is 6.61 Å². The first kappa shape index (κ1) is 19.7. The molecule has 0 spiro atoms. The second-order valence-corrected chi connectivity index (χ2v) is 6.89. The predicted octanol–water partition coefficient (Wildman–Crippen LogP) is 5.64. The Morgan fingerprint density at radius 1 is 1.04 bits per heavy atom. The van der Waals surface area contributed by atoms with Crippen LogP contribution in [0.2, 0.25) is 0 Å². The topological polar surface area (TPSA) is 55.8 Å². The van der Waals surface area contributed by atoms with E-state index in [-0.39, 0.29) is 11.5 Å². The Kier molecular flexibility index (Phi) is 6.50. The van der Waals surface area contributed by atoms with Crippen molar-refractivity contribution < 1.29 is 19.4 Å². The van der Waals surface area contributed by atoms with E-state index in [1.165, 1.54) is 18.2 Å². The third-order valence-corrected chi connectivity index (χ3v) is 4.76. The molecule has 0 saturated heterocycles. The molecule has 0 bridgehead atoms. The normalized spacial score (nSPS) is 10.8. The van der Waals surface area contributed by atoms with E-state index in [1.807, 2.05) is 42.5 Å². The number of methoxy groups -OCH3 is 1. The molecule has 0 unspecified atom stereocenters. The molecule has 0 saturated carbocycles. The van der Waals surface area contributed by atoms with Crippen molar-refractivity contribution in [3.63, 3.8) is 0 Å². The minimum absolute atomic E-state index is 0.130. The molecule has 3 aromatic rings. The number of phenols is 1. The van der Waals surface area contributed by atoms with Crippen LogP contribution in [-0.4, -0.2) is 18.0 Å². The van der Waals surface area contributed by atoms with Crippen molar-refractivity contribution in [3.8, 4) is 17.2 Å². The number of allylic oxidation sites excluding steroid dienone is 1. The number of ketones is 1. The molecule has 3 rings (SSSR count). The van der Waals surface area contributed by atoms with E-state index in [9.17, 15) is 9.90 Å². The smallest absolute Gasteiger partial charge is 0.185 e. The van der Waals surface area contributed by atoms with Gasteiger partial charge in [0.25, 0.3) is 0 Å². The second kappa shape index (κ2) is 9.24. The van der Waals surface area contributed by atoms with Gasteiger partial charge in [-0.3, -0.25) is 4.79 Å². The van der Waals surface area contributed by atoms with Gasteiger partial charge in [-0.25, -0.2) is 0 Å². The lowest BCUT2D eigenvalue weighted by Gasteiger charge is -2.12. The number of carbonyl (C=O) groups excluding carboxylic acids is 1. The molecule has 0 atom stereocenters. The third kappa shape index (κ3) is 5.02. The summed E-state index contributed by atoms with van der Waals surface area (Å²) in [6.07, 6.45) is 3.25. The highest BCUT2D eigenvalue weighted by molar-refractivity contribution is 9.10. The number of para-hydroxylation sites is 1. The summed E-state index contributed by atoms with van der Waals surface area (Å²) in [4.78, 5) is 12.3. The standard InChI is InChI=1S/C23H19BrO4/c1-27-22-13-7-16(6-12-21(26)17-8-10-19(25)11-9-17)14-18(22)15-28-23-5-3-2-4-20(23)24/h2-14,25H,15H2,1H3/b12-6+. The van der Waals surface area contributed by atoms with Gasteiger partial charge < -0.3 is 14.6 Å². The Bertz CT molecular complexity index is 994. The lowest BCUT2D eigenvalue weighted by Crippen LogP contribution is -2.00. The Morgan fingerprint density at radius 2 is 1.79 bits per heavy atom. The molecule has 28 heavy (non-hydrogen) atoms. The van der Waals surface area contributed by atoms with Crippen molar-refractivity contribution in [1.29, 1.82) is 0 Å². The maximum atomic E-state index is 12.3. The summed E-state index contributed by atoms with van der Waals surface area (Å²) in [7, 11) is 1.61. The first-order valence-electron chi connectivity index (χ1n) is 8.62. The van der Waals surface area contributed by atoms with Crippen LogP contribution < -0.4 is 9.47 Å². The van der Waals surface area contributed by atoms with Crippen LogP contribution >= 0.6 is 15.9 Å². The fourth-order valence-corrected chi connectivity index (χ4v) is 3.03. The Hall–Kier alpha value is -3.05. The highest BCUT2D eigenvalue weighted by Gasteiger charge is 2.07. The maximum Gasteiger partial charge on any atom is 0.185 e. The summed E-state index contributed by atoms with van der Waals surface area (Å²) in [5, 5.41) is 9.32. The Labute approximate surface area is 172 Å². The summed E-state index contributed by atoms with van der Waals surface area (Å²) in [5.41, 5.74) is 2.25. The van der Waals surface area contributed by atoms with Crippen molar-refractivity contribution in [2.24, 2.45) is 0 Å². The average Bonchev–Trinajstić information content (AvgIpc) is 2.72. The Morgan fingerprint density at radius 3 is 2.50 bits per heavy atom. The molecule has 0 aliphatic carbocycles. The first-order chi connectivity index (χ1) is 13.6. The zero-order chi connectivity index (χ0) is 19.9. The fraction of sp³-hybridized carbons (Fsp3) is 0.0870. The van der Waals surface area contributed by atoms with E-state index >= 15 is 0 Å². The van der Waals surface area contributed by atoms with Crippen LogP contribution in [0, 0.1) is 0 Å². The lowest BCUT2D eigenvalue weighted by molar-refractivity contribution is 0.104. The number of hydrogen-bond acceptors (Lipinski definition) is 4. The molecule has 0 amide bonds. The zero-order valence-electron chi connectivity index (χ0n) is 15.3. The van der Waals surface area contributed by atoms with Gasteiger partial charge in [-0.05, 0) is 76.1 Å². The van der Waals surface area contributed by atoms with E-state index in [4.69, 9.17) is 9.47 Å². The summed E-state index contributed by atoms with van der Waals surface area (Å²) in [6, 6.07) is 19.5. The van der Waals surface area contributed by atoms with Crippen LogP contribution in [0.5, 0.6) is 17.2 Å². The first-order valence-corrected chi connectivity index (χ1v) is 9.42. The maximum absolute atomic E-state index is 12.3. The minimum atomic E-state index is -0.137. The Balaban J connectivity index is 1.75. The SMILES string of the molecule is COc1ccc(/C=C/C(=O)c2ccc(O)cc2)cc1COc1ccccc1Br. The van der Waals surface area contributed by atoms with E-state index in [0.29, 0.717) is 17.9 Å². The number of rotatable bonds is 7. The van der Waals surface area contributed by atoms with Gasteiger partial charge in [0.05, 0.1) is 11.6 Å². The van der Waals surface area contributed by atoms with Crippen molar-refractivity contribution in [3.05, 3.63) is 94.0 Å². The summed E-state index contributed by atoms with van der Waals surface area (Å²) in [6.45, 7) is 0.333. The quantitative estimate of drug-likeness (QED) is 0.383. The van der Waals surface area contributed by atoms with Crippen molar-refractivity contribution >= 4 is 27.8 Å². The summed E-state index contributed by atoms with van der Waals surface area (Å²) >= 11 is 3.47. The van der Waals surface area contributed by atoms with Gasteiger partial charge in [0.1, 0.15) is 23.9 Å². The van der Waals surface area contributed by atoms with Gasteiger partial charge in [0, 0.05) is 11.1 Å². The molecule has 4 nitrogen and oxygen atoms in total. The number of halogens is 1. The molecule has 0 fully saturated rings. The lowest BCUT2D eigenvalue weighted by atomic mass is 10.1. The van der Waals surface area contributed by atoms with E-state index in [0.717, 1.165) is 21.3 Å². The van der Waals surface area contributed by atoms with Crippen molar-refractivity contribution in [2.75, 3.05) is 7.11 Å². The van der Waals surface area contributed by atoms with Gasteiger partial charge >= 0.3 is 0 Å². The molecule has 0 aliphatic rings. The van der Waals surface area contributed by atoms with E-state index in [1.54, 1.807) is 25.3 Å². The molecule has 0 heterocycles. The highest BCUT2D eigenvalue weighted by Crippen LogP contribution is 2.27. The van der Waals surface area contributed by atoms with Crippen LogP contribution in [0.1, 0.15) is 21.5 Å². The van der Waals surface area contributed by atoms with Crippen LogP contribution in [0.15, 0.2) is 77.3 Å². The molecule has 5 heteroatoms. The largest absolute Gasteiger partial charge is 0.508 e. The molecule has 142 valence electrons. The molecule has 0 radical (unpaired) electrons. The number of ether oxygens (including phenoxy) is 2. The van der Waals surface area contributed by atoms with Crippen LogP contribution in [0.3, 0.4) is 0 Å². The second-order valence-electron chi connectivity index (χ2n) is 6.03. The third-order valence-electron chi connectivity index (χ3n) is 4.10. The number of aromatic hydroxyl groups is 1. The molecular weight excluding hydrogens is 420 g/mol. The number of phenolic OH excluding ortho intramolecular Hbond substituents is 1. The van der Waals surface area contributed by atoms with Crippen LogP contribution in [0.4, 0.5) is 0 Å². The minimum Gasteiger partial charge on any atom is -0.508 e. The van der Waals surface area contributed by atoms with E-state index in [2.05, 4.69) is 15.9 Å². The molecule has 3 aromatic carbocycles. The summed E-state index contributed by atoms with van der Waals surface area (Å²) in [5.74, 6) is 1.45. The monoisotopic (exact) mass is 438 g/mol. The molecule has 0 aliphatic heterocycles. The fourth-order valence-electron chi connectivity index (χ4n) is 2.63. The van der Waals surface area contributed by atoms with Gasteiger partial charge in [-0.15, -0.1) is 0 Å². The highest BCUT2D eigenvalue weighted by atomic mass is 79.9. The van der Waals surface area contributed by atoms with Crippen LogP contribution in [-0.2, 0) is 6.61 Å².